The van der Waals surface area contributed by atoms with Crippen molar-refractivity contribution in [1.82, 2.24) is 4.37 Å². The van der Waals surface area contributed by atoms with E-state index in [4.69, 9.17) is 5.11 Å². The van der Waals surface area contributed by atoms with E-state index in [1.165, 1.54) is 11.5 Å². The Morgan fingerprint density at radius 2 is 2.38 bits per heavy atom. The van der Waals surface area contributed by atoms with Gasteiger partial charge in [-0.25, -0.2) is 0 Å². The summed E-state index contributed by atoms with van der Waals surface area (Å²) in [6, 6.07) is 5.60. The van der Waals surface area contributed by atoms with Crippen LogP contribution in [-0.2, 0) is 11.2 Å². The zero-order valence-corrected chi connectivity index (χ0v) is 7.54. The largest absolute Gasteiger partial charge is 0.481 e. The second kappa shape index (κ2) is 3.14. The smallest absolute Gasteiger partial charge is 0.307 e. The molecule has 0 fully saturated rings. The molecule has 0 radical (unpaired) electrons. The Balaban J connectivity index is 2.42. The van der Waals surface area contributed by atoms with Crippen molar-refractivity contribution >= 4 is 27.6 Å². The van der Waals surface area contributed by atoms with Gasteiger partial charge >= 0.3 is 5.97 Å². The molecule has 4 heteroatoms. The molecule has 13 heavy (non-hydrogen) atoms. The van der Waals surface area contributed by atoms with Gasteiger partial charge in [-0.05, 0) is 23.2 Å². The highest BCUT2D eigenvalue weighted by Gasteiger charge is 2.02. The molecule has 1 N–H and O–H groups in total. The van der Waals surface area contributed by atoms with Crippen LogP contribution in [0.15, 0.2) is 24.4 Å². The maximum Gasteiger partial charge on any atom is 0.307 e. The van der Waals surface area contributed by atoms with Crippen LogP contribution < -0.4 is 0 Å². The van der Waals surface area contributed by atoms with E-state index in [1.54, 1.807) is 6.20 Å². The van der Waals surface area contributed by atoms with Crippen molar-refractivity contribution in [1.29, 1.82) is 0 Å². The van der Waals surface area contributed by atoms with Crippen LogP contribution >= 0.6 is 11.5 Å². The Kier molecular flexibility index (Phi) is 1.98. The molecular formula is C9H7NO2S. The second-order valence-corrected chi connectivity index (χ2v) is 3.60. The topological polar surface area (TPSA) is 50.2 Å². The standard InChI is InChI=1S/C9H7NO2S/c11-9(12)4-6-1-2-7-5-10-13-8(7)3-6/h1-3,5H,4H2,(H,11,12). The van der Waals surface area contributed by atoms with Crippen LogP contribution in [0, 0.1) is 0 Å². The lowest BCUT2D eigenvalue weighted by Gasteiger charge is -1.95. The average molecular weight is 193 g/mol. The summed E-state index contributed by atoms with van der Waals surface area (Å²) in [5, 5.41) is 9.65. The van der Waals surface area contributed by atoms with Crippen molar-refractivity contribution in [3.05, 3.63) is 30.0 Å². The Morgan fingerprint density at radius 3 is 3.15 bits per heavy atom. The van der Waals surface area contributed by atoms with E-state index in [1.807, 2.05) is 18.2 Å². The molecule has 0 atom stereocenters. The number of nitrogens with zero attached hydrogens (tertiary/aromatic N) is 1. The molecule has 0 unspecified atom stereocenters. The lowest BCUT2D eigenvalue weighted by atomic mass is 10.1. The van der Waals surface area contributed by atoms with E-state index >= 15 is 0 Å². The van der Waals surface area contributed by atoms with E-state index < -0.39 is 5.97 Å². The maximum absolute atomic E-state index is 10.4. The molecule has 2 aromatic rings. The summed E-state index contributed by atoms with van der Waals surface area (Å²) in [4.78, 5) is 10.4. The quantitative estimate of drug-likeness (QED) is 0.792. The molecule has 0 saturated carbocycles. The van der Waals surface area contributed by atoms with Crippen molar-refractivity contribution in [2.24, 2.45) is 0 Å². The summed E-state index contributed by atoms with van der Waals surface area (Å²) in [6.07, 6.45) is 1.86. The lowest BCUT2D eigenvalue weighted by molar-refractivity contribution is -0.136. The highest BCUT2D eigenvalue weighted by atomic mass is 32.1. The molecule has 0 aliphatic heterocycles. The van der Waals surface area contributed by atoms with Crippen molar-refractivity contribution in [3.8, 4) is 0 Å². The molecule has 0 amide bonds. The number of carboxylic acids is 1. The minimum atomic E-state index is -0.802. The SMILES string of the molecule is O=C(O)Cc1ccc2cnsc2c1. The number of fused-ring (bicyclic) bond motifs is 1. The van der Waals surface area contributed by atoms with Gasteiger partial charge in [-0.1, -0.05) is 12.1 Å². The minimum Gasteiger partial charge on any atom is -0.481 e. The minimum absolute atomic E-state index is 0.0772. The van der Waals surface area contributed by atoms with Gasteiger partial charge in [0, 0.05) is 11.6 Å². The fourth-order valence-corrected chi connectivity index (χ4v) is 1.90. The normalized spacial score (nSPS) is 10.5. The number of benzene rings is 1. The highest BCUT2D eigenvalue weighted by molar-refractivity contribution is 7.13. The molecule has 0 aliphatic rings. The summed E-state index contributed by atoms with van der Waals surface area (Å²) >= 11 is 1.39. The molecule has 1 aromatic heterocycles. The lowest BCUT2D eigenvalue weighted by Crippen LogP contribution is -1.99. The Labute approximate surface area is 78.8 Å². The van der Waals surface area contributed by atoms with Gasteiger partial charge in [0.2, 0.25) is 0 Å². The van der Waals surface area contributed by atoms with Gasteiger partial charge in [-0.2, -0.15) is 4.37 Å². The fourth-order valence-electron chi connectivity index (χ4n) is 1.19. The van der Waals surface area contributed by atoms with Gasteiger partial charge in [0.25, 0.3) is 0 Å². The number of aliphatic carboxylic acids is 1. The second-order valence-electron chi connectivity index (χ2n) is 2.77. The average Bonchev–Trinajstić information content (AvgIpc) is 2.49. The van der Waals surface area contributed by atoms with Gasteiger partial charge < -0.3 is 5.11 Å². The molecule has 0 bridgehead atoms. The molecule has 0 saturated heterocycles. The molecule has 1 aromatic carbocycles. The number of carboxylic acid groups (broad SMARTS) is 1. The third-order valence-electron chi connectivity index (χ3n) is 1.78. The first-order valence-corrected chi connectivity index (χ1v) is 4.58. The molecular weight excluding hydrogens is 186 g/mol. The number of hydrogen-bond acceptors (Lipinski definition) is 3. The summed E-state index contributed by atoms with van der Waals surface area (Å²) in [7, 11) is 0. The first kappa shape index (κ1) is 8.19. The Hall–Kier alpha value is -1.42. The van der Waals surface area contributed by atoms with Gasteiger partial charge in [0.15, 0.2) is 0 Å². The first-order chi connectivity index (χ1) is 6.25. The molecule has 2 rings (SSSR count). The van der Waals surface area contributed by atoms with E-state index in [9.17, 15) is 4.79 Å². The van der Waals surface area contributed by atoms with Crippen molar-refractivity contribution in [3.63, 3.8) is 0 Å². The molecule has 3 nitrogen and oxygen atoms in total. The number of aromatic nitrogens is 1. The van der Waals surface area contributed by atoms with Gasteiger partial charge in [-0.3, -0.25) is 4.79 Å². The van der Waals surface area contributed by atoms with Crippen molar-refractivity contribution < 1.29 is 9.90 Å². The number of carbonyl (C=O) groups is 1. The summed E-state index contributed by atoms with van der Waals surface area (Å²) in [6.45, 7) is 0. The highest BCUT2D eigenvalue weighted by Crippen LogP contribution is 2.19. The molecule has 0 aliphatic carbocycles. The van der Waals surface area contributed by atoms with Crippen LogP contribution in [0.1, 0.15) is 5.56 Å². The van der Waals surface area contributed by atoms with E-state index in [0.717, 1.165) is 15.6 Å². The fraction of sp³-hybridized carbons (Fsp3) is 0.111. The maximum atomic E-state index is 10.4. The van der Waals surface area contributed by atoms with Crippen LogP contribution in [0.4, 0.5) is 0 Å². The predicted molar refractivity (Wildman–Crippen MR) is 51.0 cm³/mol. The van der Waals surface area contributed by atoms with E-state index in [0.29, 0.717) is 0 Å². The molecule has 1 heterocycles. The third-order valence-corrected chi connectivity index (χ3v) is 2.54. The van der Waals surface area contributed by atoms with Crippen LogP contribution in [0.2, 0.25) is 0 Å². The first-order valence-electron chi connectivity index (χ1n) is 3.81. The molecule has 66 valence electrons. The van der Waals surface area contributed by atoms with E-state index in [2.05, 4.69) is 4.37 Å². The van der Waals surface area contributed by atoms with Crippen LogP contribution in [0.5, 0.6) is 0 Å². The summed E-state index contributed by atoms with van der Waals surface area (Å²) in [5.74, 6) is -0.802. The zero-order chi connectivity index (χ0) is 9.26. The van der Waals surface area contributed by atoms with Gasteiger partial charge in [0.05, 0.1) is 11.1 Å². The summed E-state index contributed by atoms with van der Waals surface area (Å²) in [5.41, 5.74) is 0.823. The van der Waals surface area contributed by atoms with Crippen LogP contribution in [-0.4, -0.2) is 15.4 Å². The summed E-state index contributed by atoms with van der Waals surface area (Å²) < 4.78 is 5.06. The van der Waals surface area contributed by atoms with Crippen LogP contribution in [0.25, 0.3) is 10.1 Å². The monoisotopic (exact) mass is 193 g/mol. The van der Waals surface area contributed by atoms with Crippen LogP contribution in [0.3, 0.4) is 0 Å². The zero-order valence-electron chi connectivity index (χ0n) is 6.73. The molecule has 0 spiro atoms. The Bertz CT molecular complexity index is 450. The number of rotatable bonds is 2. The predicted octanol–water partition coefficient (Wildman–Crippen LogP) is 1.92. The van der Waals surface area contributed by atoms with Gasteiger partial charge in [0.1, 0.15) is 0 Å². The number of hydrogen-bond donors (Lipinski definition) is 1. The van der Waals surface area contributed by atoms with Gasteiger partial charge in [-0.15, -0.1) is 0 Å². The third kappa shape index (κ3) is 1.67. The van der Waals surface area contributed by atoms with Crippen molar-refractivity contribution in [2.75, 3.05) is 0 Å². The van der Waals surface area contributed by atoms with Crippen molar-refractivity contribution in [2.45, 2.75) is 6.42 Å². The Morgan fingerprint density at radius 1 is 1.54 bits per heavy atom. The van der Waals surface area contributed by atoms with E-state index in [-0.39, 0.29) is 6.42 Å².